The molecule has 0 spiro atoms. The van der Waals surface area contributed by atoms with Crippen LogP contribution in [0, 0.1) is 20.8 Å². The maximum Gasteiger partial charge on any atom is 0.282 e. The lowest BCUT2D eigenvalue weighted by molar-refractivity contribution is 0.340. The molecule has 0 amide bonds. The summed E-state index contributed by atoms with van der Waals surface area (Å²) in [6, 6.07) is 17.4. The number of para-hydroxylation sites is 1. The summed E-state index contributed by atoms with van der Waals surface area (Å²) in [6.07, 6.45) is 1.72. The molecular formula is C24H24N4O2. The summed E-state index contributed by atoms with van der Waals surface area (Å²) in [5.74, 6) is 1.40. The standard InChI is InChI=1S/C24H24N4O2/c1-5-30-21-12-10-20(11-13-21)27-16(2)14-19(17(27)3)15-25-28-18(4)26-23-9-7-6-8-22(23)24(28)29/h6-15H,5H2,1-4H3/b25-15-. The fourth-order valence-electron chi connectivity index (χ4n) is 3.66. The number of hydrogen-bond acceptors (Lipinski definition) is 4. The lowest BCUT2D eigenvalue weighted by Gasteiger charge is -2.11. The van der Waals surface area contributed by atoms with Gasteiger partial charge in [-0.2, -0.15) is 9.78 Å². The molecule has 0 saturated carbocycles. The number of fused-ring (bicyclic) bond motifs is 1. The molecule has 4 rings (SSSR count). The normalized spacial score (nSPS) is 11.5. The average molecular weight is 400 g/mol. The van der Waals surface area contributed by atoms with Gasteiger partial charge in [-0.25, -0.2) is 4.98 Å². The molecule has 2 aromatic heterocycles. The Hall–Kier alpha value is -3.67. The molecule has 0 aliphatic carbocycles. The van der Waals surface area contributed by atoms with Gasteiger partial charge >= 0.3 is 0 Å². The number of aryl methyl sites for hydroxylation is 2. The van der Waals surface area contributed by atoms with Gasteiger partial charge in [0.1, 0.15) is 11.6 Å². The van der Waals surface area contributed by atoms with Gasteiger partial charge in [0.15, 0.2) is 0 Å². The van der Waals surface area contributed by atoms with Crippen molar-refractivity contribution in [3.63, 3.8) is 0 Å². The quantitative estimate of drug-likeness (QED) is 0.467. The predicted molar refractivity (Wildman–Crippen MR) is 120 cm³/mol. The average Bonchev–Trinajstić information content (AvgIpc) is 3.02. The maximum atomic E-state index is 12.8. The van der Waals surface area contributed by atoms with Gasteiger partial charge in [0.25, 0.3) is 5.56 Å². The van der Waals surface area contributed by atoms with Crippen LogP contribution in [0.4, 0.5) is 0 Å². The van der Waals surface area contributed by atoms with Crippen LogP contribution in [-0.2, 0) is 0 Å². The Labute approximate surface area is 175 Å². The Morgan fingerprint density at radius 3 is 2.53 bits per heavy atom. The van der Waals surface area contributed by atoms with E-state index in [-0.39, 0.29) is 5.56 Å². The molecule has 6 nitrogen and oxygen atoms in total. The van der Waals surface area contributed by atoms with E-state index < -0.39 is 0 Å². The number of aromatic nitrogens is 3. The summed E-state index contributed by atoms with van der Waals surface area (Å²) in [4.78, 5) is 17.3. The van der Waals surface area contributed by atoms with Crippen LogP contribution in [0.3, 0.4) is 0 Å². The second-order valence-corrected chi connectivity index (χ2v) is 7.13. The molecule has 0 aliphatic heterocycles. The van der Waals surface area contributed by atoms with Crippen molar-refractivity contribution < 1.29 is 4.74 Å². The number of hydrogen-bond donors (Lipinski definition) is 0. The van der Waals surface area contributed by atoms with Crippen LogP contribution in [0.2, 0.25) is 0 Å². The van der Waals surface area contributed by atoms with Crippen molar-refractivity contribution in [1.82, 2.24) is 14.2 Å². The van der Waals surface area contributed by atoms with Crippen molar-refractivity contribution in [3.05, 3.63) is 87.7 Å². The van der Waals surface area contributed by atoms with Gasteiger partial charge in [0.05, 0.1) is 23.7 Å². The third-order valence-corrected chi connectivity index (χ3v) is 5.10. The van der Waals surface area contributed by atoms with Crippen molar-refractivity contribution in [2.45, 2.75) is 27.7 Å². The summed E-state index contributed by atoms with van der Waals surface area (Å²) >= 11 is 0. The van der Waals surface area contributed by atoms with Crippen molar-refractivity contribution >= 4 is 17.1 Å². The van der Waals surface area contributed by atoms with Crippen molar-refractivity contribution in [1.29, 1.82) is 0 Å². The van der Waals surface area contributed by atoms with E-state index in [0.29, 0.717) is 23.3 Å². The summed E-state index contributed by atoms with van der Waals surface area (Å²) in [7, 11) is 0. The highest BCUT2D eigenvalue weighted by Crippen LogP contribution is 2.22. The first-order valence-electron chi connectivity index (χ1n) is 9.94. The van der Waals surface area contributed by atoms with Gasteiger partial charge in [-0.3, -0.25) is 4.79 Å². The highest BCUT2D eigenvalue weighted by molar-refractivity contribution is 5.82. The van der Waals surface area contributed by atoms with Crippen LogP contribution in [0.1, 0.15) is 29.7 Å². The summed E-state index contributed by atoms with van der Waals surface area (Å²) in [5.41, 5.74) is 4.63. The zero-order valence-electron chi connectivity index (χ0n) is 17.6. The van der Waals surface area contributed by atoms with Gasteiger partial charge in [0, 0.05) is 22.6 Å². The molecule has 152 valence electrons. The van der Waals surface area contributed by atoms with Crippen molar-refractivity contribution in [3.8, 4) is 11.4 Å². The number of ether oxygens (including phenoxy) is 1. The maximum absolute atomic E-state index is 12.8. The first-order valence-corrected chi connectivity index (χ1v) is 9.94. The Kier molecular flexibility index (Phi) is 5.23. The minimum absolute atomic E-state index is 0.172. The highest BCUT2D eigenvalue weighted by atomic mass is 16.5. The SMILES string of the molecule is CCOc1ccc(-n2c(C)cc(/C=N\n3c(C)nc4ccccc4c3=O)c2C)cc1. The summed E-state index contributed by atoms with van der Waals surface area (Å²) in [5, 5.41) is 5.01. The topological polar surface area (TPSA) is 61.4 Å². The van der Waals surface area contributed by atoms with E-state index in [2.05, 4.69) is 27.6 Å². The van der Waals surface area contributed by atoms with E-state index in [0.717, 1.165) is 28.4 Å². The minimum atomic E-state index is -0.172. The van der Waals surface area contributed by atoms with Crippen LogP contribution in [-0.4, -0.2) is 27.0 Å². The summed E-state index contributed by atoms with van der Waals surface area (Å²) < 4.78 is 9.04. The first-order chi connectivity index (χ1) is 14.5. The molecule has 30 heavy (non-hydrogen) atoms. The lowest BCUT2D eigenvalue weighted by Crippen LogP contribution is -2.20. The summed E-state index contributed by atoms with van der Waals surface area (Å²) in [6.45, 7) is 8.49. The molecule has 0 atom stereocenters. The Morgan fingerprint density at radius 2 is 1.80 bits per heavy atom. The second kappa shape index (κ2) is 7.99. The fraction of sp³-hybridized carbons (Fsp3) is 0.208. The molecular weight excluding hydrogens is 376 g/mol. The minimum Gasteiger partial charge on any atom is -0.494 e. The Morgan fingerprint density at radius 1 is 1.07 bits per heavy atom. The van der Waals surface area contributed by atoms with Gasteiger partial charge in [-0.15, -0.1) is 0 Å². The number of rotatable bonds is 5. The highest BCUT2D eigenvalue weighted by Gasteiger charge is 2.11. The molecule has 0 fully saturated rings. The smallest absolute Gasteiger partial charge is 0.282 e. The second-order valence-electron chi connectivity index (χ2n) is 7.13. The zero-order chi connectivity index (χ0) is 21.3. The van der Waals surface area contributed by atoms with Gasteiger partial charge < -0.3 is 9.30 Å². The van der Waals surface area contributed by atoms with E-state index in [1.807, 2.05) is 56.3 Å². The number of benzene rings is 2. The molecule has 4 aromatic rings. The zero-order valence-corrected chi connectivity index (χ0v) is 17.6. The van der Waals surface area contributed by atoms with Gasteiger partial charge in [0.2, 0.25) is 0 Å². The monoisotopic (exact) mass is 400 g/mol. The van der Waals surface area contributed by atoms with Crippen LogP contribution in [0.25, 0.3) is 16.6 Å². The molecule has 0 aliphatic rings. The van der Waals surface area contributed by atoms with Crippen molar-refractivity contribution in [2.24, 2.45) is 5.10 Å². The lowest BCUT2D eigenvalue weighted by atomic mass is 10.2. The van der Waals surface area contributed by atoms with Gasteiger partial charge in [-0.05, 0) is 70.2 Å². The van der Waals surface area contributed by atoms with Crippen LogP contribution >= 0.6 is 0 Å². The molecule has 2 heterocycles. The molecule has 6 heteroatoms. The molecule has 0 unspecified atom stereocenters. The molecule has 2 aromatic carbocycles. The Balaban J connectivity index is 1.71. The first kappa shape index (κ1) is 19.6. The number of nitrogens with zero attached hydrogens (tertiary/aromatic N) is 4. The third-order valence-electron chi connectivity index (χ3n) is 5.10. The third kappa shape index (κ3) is 3.52. The van der Waals surface area contributed by atoms with Crippen LogP contribution < -0.4 is 10.3 Å². The predicted octanol–water partition coefficient (Wildman–Crippen LogP) is 4.39. The van der Waals surface area contributed by atoms with E-state index in [4.69, 9.17) is 4.74 Å². The molecule has 0 N–H and O–H groups in total. The van der Waals surface area contributed by atoms with Crippen LogP contribution in [0.5, 0.6) is 5.75 Å². The van der Waals surface area contributed by atoms with E-state index in [1.165, 1.54) is 4.68 Å². The fourth-order valence-corrected chi connectivity index (χ4v) is 3.66. The van der Waals surface area contributed by atoms with E-state index >= 15 is 0 Å². The van der Waals surface area contributed by atoms with Crippen LogP contribution in [0.15, 0.2) is 64.5 Å². The van der Waals surface area contributed by atoms with E-state index in [9.17, 15) is 4.79 Å². The molecule has 0 bridgehead atoms. The molecule has 0 saturated heterocycles. The largest absolute Gasteiger partial charge is 0.494 e. The van der Waals surface area contributed by atoms with Gasteiger partial charge in [-0.1, -0.05) is 12.1 Å². The van der Waals surface area contributed by atoms with Crippen molar-refractivity contribution in [2.75, 3.05) is 6.61 Å². The van der Waals surface area contributed by atoms with E-state index in [1.54, 1.807) is 19.2 Å². The Bertz CT molecular complexity index is 1300. The molecule has 0 radical (unpaired) electrons.